The van der Waals surface area contributed by atoms with Gasteiger partial charge in [-0.25, -0.2) is 0 Å². The molecule has 94 valence electrons. The smallest absolute Gasteiger partial charge is 0.0651 e. The first-order valence-electron chi connectivity index (χ1n) is 7.20. The van der Waals surface area contributed by atoms with Gasteiger partial charge in [0.1, 0.15) is 0 Å². The van der Waals surface area contributed by atoms with Gasteiger partial charge >= 0.3 is 0 Å². The summed E-state index contributed by atoms with van der Waals surface area (Å²) in [6.07, 6.45) is 18.6. The fourth-order valence-electron chi connectivity index (χ4n) is 2.28. The summed E-state index contributed by atoms with van der Waals surface area (Å²) in [5, 5.41) is 0. The average Bonchev–Trinajstić information content (AvgIpc) is 2.34. The van der Waals surface area contributed by atoms with Crippen molar-refractivity contribution < 1.29 is 4.74 Å². The van der Waals surface area contributed by atoms with Gasteiger partial charge in [-0.15, -0.1) is 0 Å². The Morgan fingerprint density at radius 2 is 1.62 bits per heavy atom. The molecule has 1 aliphatic heterocycles. The quantitative estimate of drug-likeness (QED) is 0.401. The summed E-state index contributed by atoms with van der Waals surface area (Å²) < 4.78 is 5.65. The third-order valence-electron chi connectivity index (χ3n) is 3.37. The minimum atomic E-state index is 0.519. The largest absolute Gasteiger partial charge is 0.374 e. The number of hydrogen-bond acceptors (Lipinski definition) is 1. The fourth-order valence-corrected chi connectivity index (χ4v) is 2.28. The summed E-state index contributed by atoms with van der Waals surface area (Å²) in [5.74, 6) is 0. The normalized spacial score (nSPS) is 20.2. The molecule has 0 N–H and O–H groups in total. The Morgan fingerprint density at radius 3 is 2.25 bits per heavy atom. The SMILES string of the molecule is CCCCCCCCCCC1CC=CCO1. The maximum Gasteiger partial charge on any atom is 0.0651 e. The van der Waals surface area contributed by atoms with Crippen LogP contribution in [-0.2, 0) is 4.74 Å². The predicted molar refractivity (Wildman–Crippen MR) is 70.7 cm³/mol. The van der Waals surface area contributed by atoms with E-state index in [0.717, 1.165) is 13.0 Å². The van der Waals surface area contributed by atoms with Crippen LogP contribution in [-0.4, -0.2) is 12.7 Å². The van der Waals surface area contributed by atoms with E-state index < -0.39 is 0 Å². The van der Waals surface area contributed by atoms with Gasteiger partial charge in [-0.1, -0.05) is 70.4 Å². The maximum atomic E-state index is 5.65. The topological polar surface area (TPSA) is 9.23 Å². The van der Waals surface area contributed by atoms with Crippen LogP contribution in [0.15, 0.2) is 12.2 Å². The van der Waals surface area contributed by atoms with E-state index in [1.807, 2.05) is 0 Å². The highest BCUT2D eigenvalue weighted by Gasteiger charge is 2.08. The third-order valence-corrected chi connectivity index (χ3v) is 3.37. The Morgan fingerprint density at radius 1 is 0.938 bits per heavy atom. The van der Waals surface area contributed by atoms with Gasteiger partial charge in [0.25, 0.3) is 0 Å². The molecule has 1 unspecified atom stereocenters. The van der Waals surface area contributed by atoms with Gasteiger partial charge in [0.05, 0.1) is 12.7 Å². The zero-order valence-electron chi connectivity index (χ0n) is 10.9. The summed E-state index contributed by atoms with van der Waals surface area (Å²) in [6.45, 7) is 3.11. The van der Waals surface area contributed by atoms with E-state index in [1.54, 1.807) is 0 Å². The Hall–Kier alpha value is -0.300. The van der Waals surface area contributed by atoms with Crippen molar-refractivity contribution in [2.45, 2.75) is 77.2 Å². The lowest BCUT2D eigenvalue weighted by Gasteiger charge is -2.18. The van der Waals surface area contributed by atoms with Gasteiger partial charge in [0.15, 0.2) is 0 Å². The lowest BCUT2D eigenvalue weighted by atomic mass is 10.0. The van der Waals surface area contributed by atoms with Crippen LogP contribution in [0.2, 0.25) is 0 Å². The standard InChI is InChI=1S/C15H28O/c1-2-3-4-5-6-7-8-9-12-15-13-10-11-14-16-15/h10-11,15H,2-9,12-14H2,1H3. The molecule has 1 heterocycles. The number of rotatable bonds is 9. The molecule has 1 nitrogen and oxygen atoms in total. The first-order chi connectivity index (χ1) is 7.93. The third kappa shape index (κ3) is 7.05. The van der Waals surface area contributed by atoms with Gasteiger partial charge in [-0.2, -0.15) is 0 Å². The van der Waals surface area contributed by atoms with E-state index in [1.165, 1.54) is 57.8 Å². The van der Waals surface area contributed by atoms with E-state index in [-0.39, 0.29) is 0 Å². The lowest BCUT2D eigenvalue weighted by Crippen LogP contribution is -2.15. The molecule has 1 aliphatic rings. The molecule has 0 aromatic carbocycles. The molecule has 1 heteroatoms. The number of unbranched alkanes of at least 4 members (excludes halogenated alkanes) is 7. The van der Waals surface area contributed by atoms with E-state index in [0.29, 0.717) is 6.10 Å². The van der Waals surface area contributed by atoms with Gasteiger partial charge < -0.3 is 4.74 Å². The molecule has 0 spiro atoms. The van der Waals surface area contributed by atoms with Crippen molar-refractivity contribution in [3.8, 4) is 0 Å². The Bertz CT molecular complexity index is 174. The second-order valence-corrected chi connectivity index (χ2v) is 4.93. The van der Waals surface area contributed by atoms with Crippen molar-refractivity contribution in [3.05, 3.63) is 12.2 Å². The second-order valence-electron chi connectivity index (χ2n) is 4.93. The average molecular weight is 224 g/mol. The fraction of sp³-hybridized carbons (Fsp3) is 0.867. The molecule has 0 saturated carbocycles. The summed E-state index contributed by atoms with van der Waals surface area (Å²) in [6, 6.07) is 0. The van der Waals surface area contributed by atoms with Crippen molar-refractivity contribution in [1.82, 2.24) is 0 Å². The molecule has 0 bridgehead atoms. The first-order valence-corrected chi connectivity index (χ1v) is 7.20. The minimum Gasteiger partial charge on any atom is -0.374 e. The van der Waals surface area contributed by atoms with Crippen molar-refractivity contribution in [1.29, 1.82) is 0 Å². The lowest BCUT2D eigenvalue weighted by molar-refractivity contribution is 0.0597. The van der Waals surface area contributed by atoms with Crippen LogP contribution in [0.4, 0.5) is 0 Å². The minimum absolute atomic E-state index is 0.519. The molecule has 1 rings (SSSR count). The molecule has 1 atom stereocenters. The summed E-state index contributed by atoms with van der Waals surface area (Å²) in [5.41, 5.74) is 0. The van der Waals surface area contributed by atoms with Crippen LogP contribution < -0.4 is 0 Å². The van der Waals surface area contributed by atoms with Gasteiger partial charge in [0, 0.05) is 0 Å². The van der Waals surface area contributed by atoms with Crippen LogP contribution in [0.3, 0.4) is 0 Å². The van der Waals surface area contributed by atoms with Crippen LogP contribution in [0.1, 0.15) is 71.1 Å². The molecule has 0 amide bonds. The van der Waals surface area contributed by atoms with Gasteiger partial charge in [-0.05, 0) is 12.8 Å². The molecule has 0 fully saturated rings. The summed E-state index contributed by atoms with van der Waals surface area (Å²) in [7, 11) is 0. The van der Waals surface area contributed by atoms with E-state index >= 15 is 0 Å². The molecular formula is C15H28O. The number of hydrogen-bond donors (Lipinski definition) is 0. The van der Waals surface area contributed by atoms with E-state index in [4.69, 9.17) is 4.74 Å². The van der Waals surface area contributed by atoms with Crippen molar-refractivity contribution in [2.24, 2.45) is 0 Å². The highest BCUT2D eigenvalue weighted by Crippen LogP contribution is 2.15. The van der Waals surface area contributed by atoms with Crippen molar-refractivity contribution in [2.75, 3.05) is 6.61 Å². The van der Waals surface area contributed by atoms with Crippen LogP contribution in [0, 0.1) is 0 Å². The Labute approximate surface area is 101 Å². The zero-order chi connectivity index (χ0) is 11.5. The Balaban J connectivity index is 1.79. The summed E-state index contributed by atoms with van der Waals surface area (Å²) in [4.78, 5) is 0. The highest BCUT2D eigenvalue weighted by molar-refractivity contribution is 4.88. The second kappa shape index (κ2) is 9.89. The molecule has 0 aromatic rings. The molecule has 16 heavy (non-hydrogen) atoms. The maximum absolute atomic E-state index is 5.65. The first kappa shape index (κ1) is 13.8. The van der Waals surface area contributed by atoms with Crippen LogP contribution >= 0.6 is 0 Å². The zero-order valence-corrected chi connectivity index (χ0v) is 10.9. The van der Waals surface area contributed by atoms with Crippen molar-refractivity contribution in [3.63, 3.8) is 0 Å². The number of ether oxygens (including phenoxy) is 1. The highest BCUT2D eigenvalue weighted by atomic mass is 16.5. The van der Waals surface area contributed by atoms with E-state index in [9.17, 15) is 0 Å². The molecule has 0 aliphatic carbocycles. The predicted octanol–water partition coefficient (Wildman–Crippen LogP) is 4.86. The summed E-state index contributed by atoms with van der Waals surface area (Å²) >= 11 is 0. The monoisotopic (exact) mass is 224 g/mol. The van der Waals surface area contributed by atoms with Crippen LogP contribution in [0.5, 0.6) is 0 Å². The van der Waals surface area contributed by atoms with Gasteiger partial charge in [0.2, 0.25) is 0 Å². The van der Waals surface area contributed by atoms with Crippen molar-refractivity contribution >= 4 is 0 Å². The Kier molecular flexibility index (Phi) is 8.51. The van der Waals surface area contributed by atoms with E-state index in [2.05, 4.69) is 19.1 Å². The molecule has 0 aromatic heterocycles. The molecule has 0 radical (unpaired) electrons. The van der Waals surface area contributed by atoms with Gasteiger partial charge in [-0.3, -0.25) is 0 Å². The molecular weight excluding hydrogens is 196 g/mol. The van der Waals surface area contributed by atoms with Crippen LogP contribution in [0.25, 0.3) is 0 Å². The molecule has 0 saturated heterocycles.